The van der Waals surface area contributed by atoms with Crippen molar-refractivity contribution in [3.63, 3.8) is 0 Å². The first-order valence-electron chi connectivity index (χ1n) is 1.76. The summed E-state index contributed by atoms with van der Waals surface area (Å²) in [4.78, 5) is 9.71. The Morgan fingerprint density at radius 2 is 2.00 bits per heavy atom. The van der Waals surface area contributed by atoms with Gasteiger partial charge in [-0.3, -0.25) is 0 Å². The maximum atomic E-state index is 9.71. The van der Waals surface area contributed by atoms with Crippen LogP contribution >= 0.6 is 11.9 Å². The van der Waals surface area contributed by atoms with Gasteiger partial charge in [0.25, 0.3) is 0 Å². The zero-order valence-electron chi connectivity index (χ0n) is 4.39. The Hall–Kier alpha value is -0.760. The van der Waals surface area contributed by atoms with Gasteiger partial charge in [0.1, 0.15) is 11.9 Å². The molecule has 8 heavy (non-hydrogen) atoms. The van der Waals surface area contributed by atoms with Gasteiger partial charge in [-0.1, -0.05) is 6.58 Å². The van der Waals surface area contributed by atoms with Gasteiger partial charge in [0.2, 0.25) is 0 Å². The predicted octanol–water partition coefficient (Wildman–Crippen LogP) is 1.67. The molecule has 0 atom stereocenters. The molecule has 0 rings (SSSR count). The first-order valence-corrected chi connectivity index (χ1v) is 2.07. The number of hydrogen-bond donors (Lipinski definition) is 0. The minimum Gasteiger partial charge on any atom is -0.344 e. The van der Waals surface area contributed by atoms with E-state index in [4.69, 9.17) is 0 Å². The van der Waals surface area contributed by atoms with Crippen molar-refractivity contribution in [3.05, 3.63) is 25.8 Å². The van der Waals surface area contributed by atoms with E-state index in [9.17, 15) is 4.79 Å². The average Bonchev–Trinajstić information content (AvgIpc) is 1.91. The number of rotatable bonds is 1. The molecule has 46 valence electrons. The van der Waals surface area contributed by atoms with E-state index in [2.05, 4.69) is 35.9 Å². The second-order valence-electron chi connectivity index (χ2n) is 0.600. The van der Waals surface area contributed by atoms with Crippen molar-refractivity contribution in [2.75, 3.05) is 0 Å². The molecular formula is C5H7ClO2. The second-order valence-corrected chi connectivity index (χ2v) is 0.755. The Morgan fingerprint density at radius 1 is 1.62 bits per heavy atom. The summed E-state index contributed by atoms with van der Waals surface area (Å²) in [6, 6.07) is 0. The smallest absolute Gasteiger partial charge is 0.344 e. The van der Waals surface area contributed by atoms with E-state index < -0.39 is 5.97 Å². The molecule has 0 aliphatic carbocycles. The zero-order chi connectivity index (χ0) is 6.99. The fraction of sp³-hybridized carbons (Fsp3) is 0. The van der Waals surface area contributed by atoms with E-state index in [0.717, 1.165) is 6.08 Å². The first kappa shape index (κ1) is 10.3. The molecular weight excluding hydrogens is 128 g/mol. The Labute approximate surface area is 53.6 Å². The van der Waals surface area contributed by atoms with Crippen molar-refractivity contribution in [2.24, 2.45) is 0 Å². The van der Waals surface area contributed by atoms with E-state index in [1.807, 2.05) is 0 Å². The van der Waals surface area contributed by atoms with Crippen molar-refractivity contribution in [1.82, 2.24) is 0 Å². The lowest BCUT2D eigenvalue weighted by atomic mass is 10.7. The fourth-order valence-corrected chi connectivity index (χ4v) is 0.0945. The quantitative estimate of drug-likeness (QED) is 0.403. The van der Waals surface area contributed by atoms with Gasteiger partial charge in [0.05, 0.1) is 0 Å². The van der Waals surface area contributed by atoms with Gasteiger partial charge in [0.15, 0.2) is 0 Å². The van der Waals surface area contributed by atoms with E-state index in [0.29, 0.717) is 0 Å². The van der Waals surface area contributed by atoms with Crippen molar-refractivity contribution in [1.29, 1.82) is 0 Å². The molecule has 0 aliphatic rings. The SMILES string of the molecule is C=C.C=CC(=O)OCl. The predicted molar refractivity (Wildman–Crippen MR) is 33.4 cm³/mol. The summed E-state index contributed by atoms with van der Waals surface area (Å²) in [5.41, 5.74) is 0. The van der Waals surface area contributed by atoms with Gasteiger partial charge < -0.3 is 4.29 Å². The van der Waals surface area contributed by atoms with Crippen LogP contribution in [0.25, 0.3) is 0 Å². The highest BCUT2D eigenvalue weighted by Crippen LogP contribution is 1.79. The molecule has 0 aromatic rings. The highest BCUT2D eigenvalue weighted by atomic mass is 35.5. The molecule has 0 unspecified atom stereocenters. The van der Waals surface area contributed by atoms with E-state index in [1.54, 1.807) is 0 Å². The maximum Gasteiger partial charge on any atom is 0.348 e. The molecule has 0 saturated carbocycles. The number of carbonyl (C=O) groups is 1. The van der Waals surface area contributed by atoms with Crippen LogP contribution in [0.5, 0.6) is 0 Å². The Balaban J connectivity index is 0. The molecule has 3 heteroatoms. The van der Waals surface area contributed by atoms with Crippen LogP contribution in [0.2, 0.25) is 0 Å². The standard InChI is InChI=1S/C3H3ClO2.C2H4/c1-2-3(5)6-4;1-2/h2H,1H2;1-2H2. The van der Waals surface area contributed by atoms with Gasteiger partial charge in [-0.05, 0) is 0 Å². The average molecular weight is 135 g/mol. The van der Waals surface area contributed by atoms with Crippen LogP contribution < -0.4 is 0 Å². The third kappa shape index (κ3) is 8.97. The van der Waals surface area contributed by atoms with Crippen LogP contribution in [0.15, 0.2) is 25.8 Å². The number of carbonyl (C=O) groups excluding carboxylic acids is 1. The van der Waals surface area contributed by atoms with Crippen LogP contribution in [0.3, 0.4) is 0 Å². The van der Waals surface area contributed by atoms with Crippen LogP contribution in [-0.4, -0.2) is 5.97 Å². The molecule has 0 aromatic heterocycles. The van der Waals surface area contributed by atoms with Crippen LogP contribution in [0.1, 0.15) is 0 Å². The third-order valence-corrected chi connectivity index (χ3v) is 0.395. The molecule has 0 radical (unpaired) electrons. The second kappa shape index (κ2) is 9.53. The summed E-state index contributed by atoms with van der Waals surface area (Å²) in [6.45, 7) is 9.07. The van der Waals surface area contributed by atoms with Gasteiger partial charge in [-0.2, -0.15) is 0 Å². The van der Waals surface area contributed by atoms with E-state index >= 15 is 0 Å². The molecule has 0 saturated heterocycles. The molecule has 0 fully saturated rings. The molecule has 0 heterocycles. The van der Waals surface area contributed by atoms with Crippen molar-refractivity contribution < 1.29 is 9.08 Å². The first-order chi connectivity index (χ1) is 3.81. The van der Waals surface area contributed by atoms with Crippen molar-refractivity contribution in [2.45, 2.75) is 0 Å². The summed E-state index contributed by atoms with van der Waals surface area (Å²) in [7, 11) is 0. The Bertz CT molecular complexity index is 80.5. The lowest BCUT2D eigenvalue weighted by molar-refractivity contribution is -0.128. The molecule has 2 nitrogen and oxygen atoms in total. The summed E-state index contributed by atoms with van der Waals surface area (Å²) in [5.74, 6) is -0.628. The molecule has 0 N–H and O–H groups in total. The summed E-state index contributed by atoms with van der Waals surface area (Å²) >= 11 is 4.53. The van der Waals surface area contributed by atoms with Crippen LogP contribution in [0, 0.1) is 0 Å². The van der Waals surface area contributed by atoms with E-state index in [-0.39, 0.29) is 0 Å². The maximum absolute atomic E-state index is 9.71. The Morgan fingerprint density at radius 3 is 2.00 bits per heavy atom. The lowest BCUT2D eigenvalue weighted by Gasteiger charge is -1.77. The largest absolute Gasteiger partial charge is 0.348 e. The van der Waals surface area contributed by atoms with Crippen molar-refractivity contribution in [3.8, 4) is 0 Å². The summed E-state index contributed by atoms with van der Waals surface area (Å²) < 4.78 is 3.61. The minimum absolute atomic E-state index is 0.628. The number of hydrogen-bond acceptors (Lipinski definition) is 2. The molecule has 0 spiro atoms. The minimum atomic E-state index is -0.628. The normalized spacial score (nSPS) is 5.62. The number of halogens is 1. The topological polar surface area (TPSA) is 26.3 Å². The highest BCUT2D eigenvalue weighted by Gasteiger charge is 1.85. The van der Waals surface area contributed by atoms with Gasteiger partial charge in [-0.25, -0.2) is 4.79 Å². The van der Waals surface area contributed by atoms with Gasteiger partial charge >= 0.3 is 5.97 Å². The van der Waals surface area contributed by atoms with E-state index in [1.165, 1.54) is 0 Å². The van der Waals surface area contributed by atoms with Crippen LogP contribution in [0.4, 0.5) is 0 Å². The lowest BCUT2D eigenvalue weighted by Crippen LogP contribution is -1.86. The zero-order valence-corrected chi connectivity index (χ0v) is 5.15. The molecule has 0 amide bonds. The Kier molecular flexibility index (Phi) is 12.2. The van der Waals surface area contributed by atoms with Gasteiger partial charge in [-0.15, -0.1) is 13.2 Å². The fourth-order valence-electron chi connectivity index (χ4n) is 0.0315. The molecule has 0 aliphatic heterocycles. The van der Waals surface area contributed by atoms with Crippen LogP contribution in [-0.2, 0) is 9.08 Å². The molecule has 0 aromatic carbocycles. The third-order valence-electron chi connectivity index (χ3n) is 0.243. The van der Waals surface area contributed by atoms with Gasteiger partial charge in [0, 0.05) is 6.08 Å². The summed E-state index contributed by atoms with van der Waals surface area (Å²) in [6.07, 6.45) is 0.979. The summed E-state index contributed by atoms with van der Waals surface area (Å²) in [5, 5.41) is 0. The highest BCUT2D eigenvalue weighted by molar-refractivity contribution is 6.14. The molecule has 0 bridgehead atoms. The monoisotopic (exact) mass is 134 g/mol. The van der Waals surface area contributed by atoms with Crippen molar-refractivity contribution >= 4 is 17.8 Å².